The number of aryl methyl sites for hydroxylation is 2. The number of rotatable bonds is 9. The van der Waals surface area contributed by atoms with Crippen LogP contribution in [-0.2, 0) is 16.6 Å². The fourth-order valence-electron chi connectivity index (χ4n) is 4.68. The van der Waals surface area contributed by atoms with Gasteiger partial charge in [-0.25, -0.2) is 0 Å². The molecule has 184 valence electrons. The molecule has 0 amide bonds. The molecule has 1 saturated carbocycles. The number of aromatic nitrogens is 1. The molecule has 1 heterocycles. The highest BCUT2D eigenvalue weighted by Crippen LogP contribution is 2.48. The number of nitrogens with one attached hydrogen (secondary N) is 1. The molecule has 0 aliphatic heterocycles. The zero-order valence-electron chi connectivity index (χ0n) is 20.4. The van der Waals surface area contributed by atoms with Gasteiger partial charge in [-0.05, 0) is 67.9 Å². The van der Waals surface area contributed by atoms with E-state index in [1.165, 1.54) is 0 Å². The molecule has 1 atom stereocenters. The maximum atomic E-state index is 11.6. The molecule has 6 heteroatoms. The normalized spacial score (nSPS) is 14.9. The van der Waals surface area contributed by atoms with Gasteiger partial charge >= 0.3 is 5.97 Å². The van der Waals surface area contributed by atoms with Crippen LogP contribution in [0.25, 0.3) is 22.5 Å². The van der Waals surface area contributed by atoms with Crippen molar-refractivity contribution in [2.24, 2.45) is 0 Å². The van der Waals surface area contributed by atoms with Gasteiger partial charge in [0.25, 0.3) is 0 Å². The average molecular weight is 501 g/mol. The van der Waals surface area contributed by atoms with E-state index in [9.17, 15) is 9.90 Å². The summed E-state index contributed by atoms with van der Waals surface area (Å²) in [5.74, 6) is -0.0133. The van der Waals surface area contributed by atoms with Crippen LogP contribution in [0.4, 0.5) is 5.69 Å². The van der Waals surface area contributed by atoms with Crippen molar-refractivity contribution in [3.63, 3.8) is 0 Å². The number of benzene rings is 3. The second kappa shape index (κ2) is 9.82. The van der Waals surface area contributed by atoms with Crippen LogP contribution in [0.1, 0.15) is 43.0 Å². The maximum Gasteiger partial charge on any atom is 0.314 e. The number of hydrogen-bond acceptors (Lipinski definition) is 4. The lowest BCUT2D eigenvalue weighted by molar-refractivity contribution is -0.140. The Kier molecular flexibility index (Phi) is 6.59. The number of carbonyl (C=O) groups is 1. The highest BCUT2D eigenvalue weighted by Gasteiger charge is 2.51. The van der Waals surface area contributed by atoms with Gasteiger partial charge in [0.2, 0.25) is 0 Å². The third-order valence-corrected chi connectivity index (χ3v) is 7.50. The van der Waals surface area contributed by atoms with E-state index in [1.807, 2.05) is 61.5 Å². The minimum Gasteiger partial charge on any atom is -0.481 e. The van der Waals surface area contributed by atoms with Gasteiger partial charge in [-0.15, -0.1) is 0 Å². The van der Waals surface area contributed by atoms with Gasteiger partial charge < -0.3 is 14.9 Å². The first-order chi connectivity index (χ1) is 17.4. The van der Waals surface area contributed by atoms with Crippen LogP contribution in [0.2, 0.25) is 5.02 Å². The third-order valence-electron chi connectivity index (χ3n) is 7.14. The molecule has 1 unspecified atom stereocenters. The van der Waals surface area contributed by atoms with Crippen molar-refractivity contribution in [1.82, 2.24) is 5.16 Å². The maximum absolute atomic E-state index is 11.6. The summed E-state index contributed by atoms with van der Waals surface area (Å²) in [5.41, 5.74) is 6.13. The molecule has 4 aromatic rings. The lowest BCUT2D eigenvalue weighted by Gasteiger charge is -2.16. The second-order valence-electron chi connectivity index (χ2n) is 9.69. The Morgan fingerprint density at radius 3 is 2.25 bits per heavy atom. The number of halogens is 1. The van der Waals surface area contributed by atoms with Crippen molar-refractivity contribution in [2.45, 2.75) is 51.0 Å². The molecule has 5 nitrogen and oxygen atoms in total. The number of nitrogens with zero attached hydrogens (tertiary/aromatic N) is 1. The Hall–Kier alpha value is -3.57. The molecule has 0 spiro atoms. The molecule has 1 fully saturated rings. The quantitative estimate of drug-likeness (QED) is 0.248. The lowest BCUT2D eigenvalue weighted by atomic mass is 9.93. The highest BCUT2D eigenvalue weighted by atomic mass is 35.5. The SMILES string of the molecule is Cc1noc(-c2ccc(-c3ccc(C4(C(=O)O)CC4)cc3)cc2)c1NC(C)CCc1ccccc1Cl. The van der Waals surface area contributed by atoms with E-state index in [0.717, 1.165) is 62.8 Å². The van der Waals surface area contributed by atoms with Crippen LogP contribution in [0.15, 0.2) is 77.3 Å². The van der Waals surface area contributed by atoms with E-state index < -0.39 is 11.4 Å². The van der Waals surface area contributed by atoms with E-state index in [2.05, 4.69) is 35.6 Å². The number of carboxylic acid groups (broad SMARTS) is 1. The molecular weight excluding hydrogens is 472 g/mol. The van der Waals surface area contributed by atoms with Gasteiger partial charge in [-0.1, -0.05) is 83.5 Å². The Morgan fingerprint density at radius 1 is 1.03 bits per heavy atom. The molecule has 2 N–H and O–H groups in total. The van der Waals surface area contributed by atoms with Crippen molar-refractivity contribution < 1.29 is 14.4 Å². The number of carboxylic acids is 1. The first-order valence-corrected chi connectivity index (χ1v) is 12.7. The minimum atomic E-state index is -0.732. The number of aliphatic carboxylic acids is 1. The minimum absolute atomic E-state index is 0.205. The highest BCUT2D eigenvalue weighted by molar-refractivity contribution is 6.31. The molecule has 3 aromatic carbocycles. The van der Waals surface area contributed by atoms with Crippen molar-refractivity contribution in [1.29, 1.82) is 0 Å². The van der Waals surface area contributed by atoms with Crippen LogP contribution < -0.4 is 5.32 Å². The van der Waals surface area contributed by atoms with Gasteiger partial charge in [0, 0.05) is 16.6 Å². The molecular formula is C30H29ClN2O3. The Bertz CT molecular complexity index is 1370. The molecule has 36 heavy (non-hydrogen) atoms. The van der Waals surface area contributed by atoms with Gasteiger partial charge in [-0.3, -0.25) is 4.79 Å². The zero-order chi connectivity index (χ0) is 25.3. The summed E-state index contributed by atoms with van der Waals surface area (Å²) in [6.07, 6.45) is 3.23. The zero-order valence-corrected chi connectivity index (χ0v) is 21.2. The summed E-state index contributed by atoms with van der Waals surface area (Å²) in [7, 11) is 0. The first kappa shape index (κ1) is 24.1. The third kappa shape index (κ3) is 4.76. The molecule has 5 rings (SSSR count). The first-order valence-electron chi connectivity index (χ1n) is 12.3. The summed E-state index contributed by atoms with van der Waals surface area (Å²) < 4.78 is 5.70. The molecule has 0 bridgehead atoms. The number of anilines is 1. The Morgan fingerprint density at radius 2 is 1.64 bits per heavy atom. The van der Waals surface area contributed by atoms with Gasteiger partial charge in [-0.2, -0.15) is 0 Å². The molecule has 1 aromatic heterocycles. The van der Waals surface area contributed by atoms with Crippen LogP contribution in [0.3, 0.4) is 0 Å². The fraction of sp³-hybridized carbons (Fsp3) is 0.267. The van der Waals surface area contributed by atoms with Crippen molar-refractivity contribution >= 4 is 23.3 Å². The fourth-order valence-corrected chi connectivity index (χ4v) is 4.91. The van der Waals surface area contributed by atoms with Crippen molar-refractivity contribution in [3.05, 3.63) is 94.6 Å². The Labute approximate surface area is 216 Å². The summed E-state index contributed by atoms with van der Waals surface area (Å²) in [6.45, 7) is 4.09. The van der Waals surface area contributed by atoms with E-state index >= 15 is 0 Å². The Balaban J connectivity index is 1.28. The van der Waals surface area contributed by atoms with Crippen LogP contribution in [0, 0.1) is 6.92 Å². The smallest absolute Gasteiger partial charge is 0.314 e. The van der Waals surface area contributed by atoms with Crippen LogP contribution >= 0.6 is 11.6 Å². The monoisotopic (exact) mass is 500 g/mol. The largest absolute Gasteiger partial charge is 0.481 e. The predicted molar refractivity (Wildman–Crippen MR) is 144 cm³/mol. The van der Waals surface area contributed by atoms with Crippen molar-refractivity contribution in [2.75, 3.05) is 5.32 Å². The van der Waals surface area contributed by atoms with Gasteiger partial charge in [0.1, 0.15) is 11.4 Å². The summed E-state index contributed by atoms with van der Waals surface area (Å²) in [4.78, 5) is 11.6. The van der Waals surface area contributed by atoms with E-state index in [1.54, 1.807) is 0 Å². The van der Waals surface area contributed by atoms with E-state index in [4.69, 9.17) is 16.1 Å². The predicted octanol–water partition coefficient (Wildman–Crippen LogP) is 7.52. The van der Waals surface area contributed by atoms with Gasteiger partial charge in [0.05, 0.1) is 5.41 Å². The standard InChI is InChI=1S/C30H29ClN2O3/c1-19(7-8-23-5-3-4-6-26(23)31)32-27-20(2)33-36-28(27)24-11-9-21(10-12-24)22-13-15-25(16-14-22)30(17-18-30)29(34)35/h3-6,9-16,19,32H,7-8,17-18H2,1-2H3,(H,34,35). The topological polar surface area (TPSA) is 75.4 Å². The summed E-state index contributed by atoms with van der Waals surface area (Å²) in [5, 5.41) is 18.1. The summed E-state index contributed by atoms with van der Waals surface area (Å²) in [6, 6.07) is 24.2. The van der Waals surface area contributed by atoms with Crippen molar-refractivity contribution in [3.8, 4) is 22.5 Å². The molecule has 1 aliphatic carbocycles. The number of hydrogen-bond donors (Lipinski definition) is 2. The van der Waals surface area contributed by atoms with Gasteiger partial charge in [0.15, 0.2) is 5.76 Å². The van der Waals surface area contributed by atoms with Crippen LogP contribution in [0.5, 0.6) is 0 Å². The second-order valence-corrected chi connectivity index (χ2v) is 10.1. The molecule has 0 saturated heterocycles. The lowest BCUT2D eigenvalue weighted by Crippen LogP contribution is -2.19. The summed E-state index contributed by atoms with van der Waals surface area (Å²) >= 11 is 6.31. The van der Waals surface area contributed by atoms with Crippen LogP contribution in [-0.4, -0.2) is 22.3 Å². The average Bonchev–Trinajstić information content (AvgIpc) is 3.63. The van der Waals surface area contributed by atoms with E-state index in [-0.39, 0.29) is 6.04 Å². The molecule has 0 radical (unpaired) electrons. The van der Waals surface area contributed by atoms with E-state index in [0.29, 0.717) is 12.8 Å². The molecule has 1 aliphatic rings.